The molecule has 0 unspecified atom stereocenters. The summed E-state index contributed by atoms with van der Waals surface area (Å²) in [5.74, 6) is -0.767. The topological polar surface area (TPSA) is 272 Å². The molecule has 0 saturated heterocycles. The molecule has 2 rings (SSSR count). The van der Waals surface area contributed by atoms with Crippen LogP contribution in [0.1, 0.15) is 12.8 Å². The van der Waals surface area contributed by atoms with E-state index >= 15 is 0 Å². The van der Waals surface area contributed by atoms with Crippen LogP contribution in [-0.4, -0.2) is 139 Å². The lowest BCUT2D eigenvalue weighted by Crippen LogP contribution is -2.39. The molecule has 0 saturated carbocycles. The molecule has 0 fully saturated rings. The first kappa shape index (κ1) is 50.0. The van der Waals surface area contributed by atoms with Gasteiger partial charge in [-0.1, -0.05) is 20.9 Å². The van der Waals surface area contributed by atoms with Gasteiger partial charge in [0.25, 0.3) is 0 Å². The summed E-state index contributed by atoms with van der Waals surface area (Å²) in [5.41, 5.74) is 0. The second-order valence-electron chi connectivity index (χ2n) is 9.58. The smallest absolute Gasteiger partial charge is 0.370 e. The molecule has 0 aliphatic heterocycles. The van der Waals surface area contributed by atoms with Crippen LogP contribution in [-0.2, 0) is 62.7 Å². The molecule has 0 aliphatic rings. The van der Waals surface area contributed by atoms with Gasteiger partial charge in [-0.15, -0.1) is 10.2 Å². The SMILES string of the molecule is C=CC(=O)OCCC[N+](C)(C)/C=C\[N+](C)(C)CCCOC(=O)C=C.O=S(=O)(F)c1n[nH]c(F)n1.O=S(=O)(F)c1n[nH]c(F)n1.O=S=O.O=S=O. The van der Waals surface area contributed by atoms with Gasteiger partial charge in [0.05, 0.1) is 54.5 Å². The minimum absolute atomic E-state index is 0.384. The minimum Gasteiger partial charge on any atom is -0.462 e. The van der Waals surface area contributed by atoms with Gasteiger partial charge in [0.15, 0.2) is 0 Å². The van der Waals surface area contributed by atoms with Crippen LogP contribution in [0.4, 0.5) is 16.6 Å². The van der Waals surface area contributed by atoms with Crippen molar-refractivity contribution in [3.63, 3.8) is 0 Å². The Morgan fingerprint density at radius 3 is 1.18 bits per heavy atom. The third-order valence-electron chi connectivity index (χ3n) is 4.76. The Hall–Kier alpha value is -4.38. The zero-order valence-corrected chi connectivity index (χ0v) is 30.0. The standard InChI is InChI=1S/C18H32N2O4.2C2HF2N3O2S.2O2S/c1-7-17(21)23-15-9-11-19(3,4)13-14-20(5,6)12-10-16-24-18(22)8-2;2*3-1-5-2(7-6-1)10(4,8)9;2*1-3-2/h7-8,13-14H,1-2,9-12,15-16H2,3-6H3;2*(H,5,6,7);;/q+2;;;;/b14-13-;;;;. The Kier molecular flexibility index (Phi) is 25.6. The molecule has 2 aromatic heterocycles. The third kappa shape index (κ3) is 28.6. The number of hydrogen-bond donors (Lipinski definition) is 2. The molecule has 0 radical (unpaired) electrons. The fourth-order valence-corrected chi connectivity index (χ4v) is 3.28. The number of H-pyrrole nitrogens is 2. The number of esters is 2. The average molecular weight is 807 g/mol. The number of nitrogens with one attached hydrogen (secondary N) is 2. The van der Waals surface area contributed by atoms with E-state index in [4.69, 9.17) is 26.3 Å². The second-order valence-corrected chi connectivity index (χ2v) is 12.3. The first-order valence-electron chi connectivity index (χ1n) is 12.8. The van der Waals surface area contributed by atoms with Crippen LogP contribution in [0, 0.1) is 12.2 Å². The van der Waals surface area contributed by atoms with Gasteiger partial charge in [-0.05, 0) is 0 Å². The minimum atomic E-state index is -4.98. The number of aromatic nitrogens is 6. The van der Waals surface area contributed by atoms with E-state index in [0.29, 0.717) is 22.2 Å². The van der Waals surface area contributed by atoms with Crippen LogP contribution in [0.25, 0.3) is 0 Å². The van der Waals surface area contributed by atoms with Gasteiger partial charge in [0, 0.05) is 25.0 Å². The summed E-state index contributed by atoms with van der Waals surface area (Å²) < 4.78 is 131. The Balaban J connectivity index is -0.000000691. The van der Waals surface area contributed by atoms with Crippen LogP contribution in [0.5, 0.6) is 0 Å². The van der Waals surface area contributed by atoms with Gasteiger partial charge in [-0.25, -0.2) is 19.8 Å². The lowest BCUT2D eigenvalue weighted by Gasteiger charge is -2.28. The molecule has 0 bridgehead atoms. The lowest BCUT2D eigenvalue weighted by molar-refractivity contribution is -0.867. The van der Waals surface area contributed by atoms with Crippen LogP contribution in [0.3, 0.4) is 0 Å². The van der Waals surface area contributed by atoms with E-state index in [1.165, 1.54) is 22.3 Å². The number of quaternary nitrogens is 2. The van der Waals surface area contributed by atoms with E-state index in [1.54, 1.807) is 0 Å². The first-order valence-corrected chi connectivity index (χ1v) is 16.9. The summed E-state index contributed by atoms with van der Waals surface area (Å²) in [4.78, 5) is 27.1. The molecule has 0 aliphatic carbocycles. The van der Waals surface area contributed by atoms with Crippen LogP contribution in [0.2, 0.25) is 0 Å². The Morgan fingerprint density at radius 1 is 0.720 bits per heavy atom. The molecule has 28 heteroatoms. The molecule has 284 valence electrons. The van der Waals surface area contributed by atoms with Crippen LogP contribution in [0.15, 0.2) is 48.0 Å². The summed E-state index contributed by atoms with van der Waals surface area (Å²) in [6, 6.07) is 0. The van der Waals surface area contributed by atoms with E-state index in [9.17, 15) is 43.0 Å². The van der Waals surface area contributed by atoms with Gasteiger partial charge in [-0.3, -0.25) is 8.97 Å². The number of ether oxygens (including phenoxy) is 2. The molecule has 50 heavy (non-hydrogen) atoms. The van der Waals surface area contributed by atoms with E-state index in [1.807, 2.05) is 0 Å². The summed E-state index contributed by atoms with van der Waals surface area (Å²) in [7, 11) is -1.57. The van der Waals surface area contributed by atoms with Crippen LogP contribution >= 0.6 is 0 Å². The van der Waals surface area contributed by atoms with E-state index < -0.39 is 66.1 Å². The van der Waals surface area contributed by atoms with Crippen molar-refractivity contribution >= 4 is 55.5 Å². The van der Waals surface area contributed by atoms with Crippen molar-refractivity contribution in [2.75, 3.05) is 54.5 Å². The van der Waals surface area contributed by atoms with Crippen molar-refractivity contribution in [2.45, 2.75) is 23.2 Å². The fourth-order valence-electron chi connectivity index (χ4n) is 2.59. The van der Waals surface area contributed by atoms with E-state index in [0.717, 1.165) is 25.9 Å². The quantitative estimate of drug-likeness (QED) is 0.0620. The number of carbonyl (C=O) groups is 2. The highest BCUT2D eigenvalue weighted by molar-refractivity contribution is 7.86. The van der Waals surface area contributed by atoms with Crippen molar-refractivity contribution < 1.29 is 78.3 Å². The molecular formula is C22H34F4N8O12S4+2. The predicted molar refractivity (Wildman–Crippen MR) is 162 cm³/mol. The van der Waals surface area contributed by atoms with Gasteiger partial charge in [0.1, 0.15) is 12.4 Å². The third-order valence-corrected chi connectivity index (χ3v) is 6.00. The average Bonchev–Trinajstić information content (AvgIpc) is 3.66. The molecule has 2 N–H and O–H groups in total. The predicted octanol–water partition coefficient (Wildman–Crippen LogP) is -0.287. The maximum atomic E-state index is 11.8. The number of aromatic amines is 2. The van der Waals surface area contributed by atoms with Crippen molar-refractivity contribution in [1.82, 2.24) is 30.4 Å². The summed E-state index contributed by atoms with van der Waals surface area (Å²) in [6.45, 7) is 9.24. The molecule has 20 nitrogen and oxygen atoms in total. The highest BCUT2D eigenvalue weighted by Crippen LogP contribution is 2.08. The highest BCUT2D eigenvalue weighted by atomic mass is 32.3. The summed E-state index contributed by atoms with van der Waals surface area (Å²) >= 11 is -1.50. The molecule has 2 heterocycles. The van der Waals surface area contributed by atoms with Gasteiger partial charge in [0.2, 0.25) is 0 Å². The number of halogens is 4. The summed E-state index contributed by atoms with van der Waals surface area (Å²) in [6.07, 6.45) is 5.69. The normalized spacial score (nSPS) is 11.0. The number of hydrogen-bond acceptors (Lipinski definition) is 16. The zero-order valence-electron chi connectivity index (χ0n) is 26.7. The first-order chi connectivity index (χ1) is 22.9. The second kappa shape index (κ2) is 25.6. The monoisotopic (exact) mass is 806 g/mol. The van der Waals surface area contributed by atoms with E-state index in [2.05, 4.69) is 73.9 Å². The molecule has 0 atom stereocenters. The maximum Gasteiger partial charge on any atom is 0.370 e. The Morgan fingerprint density at radius 2 is 1.00 bits per heavy atom. The van der Waals surface area contributed by atoms with Crippen molar-refractivity contribution in [3.8, 4) is 0 Å². The lowest BCUT2D eigenvalue weighted by atomic mass is 10.3. The Labute approximate surface area is 291 Å². The van der Waals surface area contributed by atoms with Gasteiger partial charge >= 0.3 is 78.0 Å². The largest absolute Gasteiger partial charge is 0.462 e. The van der Waals surface area contributed by atoms with Gasteiger partial charge in [-0.2, -0.15) is 52.4 Å². The van der Waals surface area contributed by atoms with Gasteiger partial charge < -0.3 is 9.47 Å². The Bertz CT molecular complexity index is 1570. The fraction of sp³-hybridized carbons (Fsp3) is 0.455. The highest BCUT2D eigenvalue weighted by Gasteiger charge is 2.19. The molecule has 2 aromatic rings. The number of nitrogens with zero attached hydrogens (tertiary/aromatic N) is 6. The zero-order chi connectivity index (χ0) is 39.6. The van der Waals surface area contributed by atoms with E-state index in [-0.39, 0.29) is 11.9 Å². The molecule has 0 aromatic carbocycles. The van der Waals surface area contributed by atoms with Crippen LogP contribution < -0.4 is 0 Å². The molecule has 0 amide bonds. The number of carbonyl (C=O) groups excluding carboxylic acids is 2. The molecular weight excluding hydrogens is 773 g/mol. The maximum absolute atomic E-state index is 11.8. The molecule has 0 spiro atoms. The number of rotatable bonds is 14. The van der Waals surface area contributed by atoms with Crippen molar-refractivity contribution in [3.05, 3.63) is 49.9 Å². The van der Waals surface area contributed by atoms with Crippen molar-refractivity contribution in [2.24, 2.45) is 0 Å². The van der Waals surface area contributed by atoms with Crippen molar-refractivity contribution in [1.29, 1.82) is 0 Å². The summed E-state index contributed by atoms with van der Waals surface area (Å²) in [5, 5.41) is 6.10.